The van der Waals surface area contributed by atoms with E-state index in [1.807, 2.05) is 24.6 Å². The molecule has 262 valence electrons. The number of carbonyl (C=O) groups excluding carboxylic acids is 1. The molecular weight excluding hydrogens is 686 g/mol. The summed E-state index contributed by atoms with van der Waals surface area (Å²) in [5.41, 5.74) is 6.50. The molecule has 2 bridgehead atoms. The molecule has 51 heavy (non-hydrogen) atoms. The molecule has 2 saturated carbocycles. The van der Waals surface area contributed by atoms with Gasteiger partial charge in [-0.1, -0.05) is 47.5 Å². The van der Waals surface area contributed by atoms with Crippen molar-refractivity contribution < 1.29 is 9.18 Å². The Bertz CT molecular complexity index is 2290. The first-order chi connectivity index (χ1) is 24.7. The zero-order valence-corrected chi connectivity index (χ0v) is 30.4. The van der Waals surface area contributed by atoms with Crippen LogP contribution < -0.4 is 5.32 Å². The van der Waals surface area contributed by atoms with Gasteiger partial charge in [-0.2, -0.15) is 5.26 Å². The van der Waals surface area contributed by atoms with Crippen molar-refractivity contribution in [3.63, 3.8) is 0 Å². The SMILES string of the molecule is CCc1c(C)nnn1C1CC(c2cc3c(C)nc4c(F)c(-c5cccc(Cl)c5Cl)c(CCC#N)cc4c3n2C2C3CNC2C3)N(C(=O)C2CC2)C1. The Kier molecular flexibility index (Phi) is 7.91. The maximum Gasteiger partial charge on any atom is 0.226 e. The van der Waals surface area contributed by atoms with Gasteiger partial charge in [-0.3, -0.25) is 4.79 Å². The lowest BCUT2D eigenvalue weighted by Crippen LogP contribution is -2.41. The van der Waals surface area contributed by atoms with Gasteiger partial charge >= 0.3 is 0 Å². The molecular formula is C39H39Cl2FN8O. The van der Waals surface area contributed by atoms with E-state index in [-0.39, 0.29) is 53.0 Å². The van der Waals surface area contributed by atoms with Gasteiger partial charge in [-0.25, -0.2) is 14.1 Å². The molecule has 5 unspecified atom stereocenters. The van der Waals surface area contributed by atoms with Crippen LogP contribution in [0.3, 0.4) is 0 Å². The first-order valence-electron chi connectivity index (χ1n) is 18.1. The van der Waals surface area contributed by atoms with E-state index in [0.717, 1.165) is 65.9 Å². The topological polar surface area (TPSA) is 105 Å². The highest BCUT2D eigenvalue weighted by Crippen LogP contribution is 2.52. The second kappa shape index (κ2) is 12.3. The molecule has 3 aromatic heterocycles. The highest BCUT2D eigenvalue weighted by Gasteiger charge is 2.51. The molecule has 2 aromatic carbocycles. The van der Waals surface area contributed by atoms with Crippen LogP contribution in [0.2, 0.25) is 10.0 Å². The summed E-state index contributed by atoms with van der Waals surface area (Å²) in [6.07, 6.45) is 5.01. The number of nitrogens with one attached hydrogen (secondary N) is 1. The molecule has 3 aliphatic heterocycles. The number of rotatable bonds is 8. The third-order valence-electron chi connectivity index (χ3n) is 11.9. The Labute approximate surface area is 305 Å². The maximum absolute atomic E-state index is 17.2. The minimum Gasteiger partial charge on any atom is -0.337 e. The van der Waals surface area contributed by atoms with Crippen LogP contribution in [0.4, 0.5) is 4.39 Å². The summed E-state index contributed by atoms with van der Waals surface area (Å²) in [5, 5.41) is 24.6. The van der Waals surface area contributed by atoms with E-state index in [1.165, 1.54) is 0 Å². The van der Waals surface area contributed by atoms with Gasteiger partial charge in [0.1, 0.15) is 5.52 Å². The van der Waals surface area contributed by atoms with E-state index in [2.05, 4.69) is 44.2 Å². The first-order valence-corrected chi connectivity index (χ1v) is 18.9. The van der Waals surface area contributed by atoms with E-state index in [4.69, 9.17) is 28.2 Å². The molecule has 0 radical (unpaired) electrons. The summed E-state index contributed by atoms with van der Waals surface area (Å²) in [5.74, 6) is 0.219. The fourth-order valence-corrected chi connectivity index (χ4v) is 9.68. The lowest BCUT2D eigenvalue weighted by Gasteiger charge is -2.39. The van der Waals surface area contributed by atoms with Gasteiger partial charge in [0.15, 0.2) is 5.82 Å². The molecule has 1 amide bonds. The van der Waals surface area contributed by atoms with Crippen molar-refractivity contribution in [1.82, 2.24) is 34.8 Å². The van der Waals surface area contributed by atoms with Crippen LogP contribution in [0.15, 0.2) is 30.3 Å². The highest BCUT2D eigenvalue weighted by molar-refractivity contribution is 6.43. The number of benzene rings is 2. The van der Waals surface area contributed by atoms with E-state index in [0.29, 0.717) is 52.4 Å². The molecule has 3 saturated heterocycles. The Morgan fingerprint density at radius 1 is 1.14 bits per heavy atom. The van der Waals surface area contributed by atoms with Crippen molar-refractivity contribution in [2.45, 2.75) is 89.9 Å². The smallest absolute Gasteiger partial charge is 0.226 e. The molecule has 0 spiro atoms. The molecule has 5 atom stereocenters. The quantitative estimate of drug-likeness (QED) is 0.174. The van der Waals surface area contributed by atoms with Crippen molar-refractivity contribution >= 4 is 50.9 Å². The second-order valence-electron chi connectivity index (χ2n) is 14.9. The fraction of sp³-hybridized carbons (Fsp3) is 0.462. The summed E-state index contributed by atoms with van der Waals surface area (Å²) in [7, 11) is 0. The predicted octanol–water partition coefficient (Wildman–Crippen LogP) is 7.99. The summed E-state index contributed by atoms with van der Waals surface area (Å²) in [6, 6.07) is 11.9. The minimum atomic E-state index is -0.473. The molecule has 5 aliphatic rings. The third-order valence-corrected chi connectivity index (χ3v) is 12.7. The Morgan fingerprint density at radius 2 is 1.96 bits per heavy atom. The van der Waals surface area contributed by atoms with E-state index < -0.39 is 5.82 Å². The highest BCUT2D eigenvalue weighted by atomic mass is 35.5. The van der Waals surface area contributed by atoms with Crippen molar-refractivity contribution in [2.24, 2.45) is 11.8 Å². The van der Waals surface area contributed by atoms with Crippen LogP contribution in [-0.2, 0) is 17.6 Å². The molecule has 12 heteroatoms. The predicted molar refractivity (Wildman–Crippen MR) is 195 cm³/mol. The lowest BCUT2D eigenvalue weighted by molar-refractivity contribution is -0.133. The zero-order chi connectivity index (χ0) is 35.3. The first kappa shape index (κ1) is 32.8. The van der Waals surface area contributed by atoms with Crippen LogP contribution in [0.5, 0.6) is 0 Å². The average molecular weight is 726 g/mol. The van der Waals surface area contributed by atoms with Crippen molar-refractivity contribution in [3.8, 4) is 17.2 Å². The summed E-state index contributed by atoms with van der Waals surface area (Å²) >= 11 is 13.1. The second-order valence-corrected chi connectivity index (χ2v) is 15.7. The van der Waals surface area contributed by atoms with Gasteiger partial charge < -0.3 is 14.8 Å². The number of fused-ring (bicyclic) bond motifs is 4. The molecule has 1 N–H and O–H groups in total. The van der Waals surface area contributed by atoms with E-state index in [9.17, 15) is 10.1 Å². The van der Waals surface area contributed by atoms with Crippen LogP contribution in [0.25, 0.3) is 32.9 Å². The summed E-state index contributed by atoms with van der Waals surface area (Å²) in [6.45, 7) is 7.55. The van der Waals surface area contributed by atoms with Crippen molar-refractivity contribution in [3.05, 3.63) is 74.5 Å². The number of nitrogens with zero attached hydrogens (tertiary/aromatic N) is 7. The van der Waals surface area contributed by atoms with Crippen LogP contribution >= 0.6 is 23.2 Å². The van der Waals surface area contributed by atoms with Gasteiger partial charge in [0.2, 0.25) is 5.91 Å². The number of carbonyl (C=O) groups is 1. The minimum absolute atomic E-state index is 0.00690. The monoisotopic (exact) mass is 724 g/mol. The molecule has 10 rings (SSSR count). The average Bonchev–Trinajstić information content (AvgIpc) is 3.53. The van der Waals surface area contributed by atoms with E-state index >= 15 is 4.39 Å². The Hall–Kier alpha value is -4.04. The number of aromatic nitrogens is 5. The molecule has 2 aliphatic carbocycles. The van der Waals surface area contributed by atoms with Crippen LogP contribution in [-0.4, -0.2) is 54.5 Å². The molecule has 5 aromatic rings. The van der Waals surface area contributed by atoms with Crippen molar-refractivity contribution in [2.75, 3.05) is 13.1 Å². The Balaban J connectivity index is 1.29. The number of nitriles is 1. The number of hydrogen-bond donors (Lipinski definition) is 1. The fourth-order valence-electron chi connectivity index (χ4n) is 9.28. The third kappa shape index (κ3) is 5.02. The van der Waals surface area contributed by atoms with Gasteiger partial charge in [-0.15, -0.1) is 5.10 Å². The molecule has 9 nitrogen and oxygen atoms in total. The number of pyridine rings is 1. The van der Waals surface area contributed by atoms with Crippen LogP contribution in [0, 0.1) is 42.8 Å². The largest absolute Gasteiger partial charge is 0.337 e. The number of likely N-dealkylation sites (tertiary alicyclic amines) is 1. The lowest BCUT2D eigenvalue weighted by atomic mass is 9.79. The number of amides is 1. The summed E-state index contributed by atoms with van der Waals surface area (Å²) < 4.78 is 21.7. The Morgan fingerprint density at radius 3 is 2.67 bits per heavy atom. The van der Waals surface area contributed by atoms with E-state index in [1.54, 1.807) is 18.2 Å². The van der Waals surface area contributed by atoms with Crippen LogP contribution in [0.1, 0.15) is 85.5 Å². The van der Waals surface area contributed by atoms with Crippen molar-refractivity contribution in [1.29, 1.82) is 5.26 Å². The van der Waals surface area contributed by atoms with Gasteiger partial charge in [0.25, 0.3) is 0 Å². The molecule has 6 heterocycles. The number of halogens is 3. The number of aryl methyl sites for hydroxylation is 3. The van der Waals surface area contributed by atoms with Gasteiger partial charge in [0, 0.05) is 64.8 Å². The standard InChI is InChI=1S/C39H39Cl2FN8O/c1-4-30-20(3)46-47-50(30)24-15-31(48(18-24)39(51)21-10-11-21)32-16-26-19(2)45-36-27(38(26)49(32)37-23-14-29(37)44-17-23)13-22(7-6-12-43)33(35(36)42)25-8-5-9-28(40)34(25)41/h5,8-9,13,16,21,23-24,29,31,37,44H,4,6-7,10-11,14-15,17-18H2,1-3H3. The zero-order valence-electron chi connectivity index (χ0n) is 28.9. The van der Waals surface area contributed by atoms with Gasteiger partial charge in [0.05, 0.1) is 51.1 Å². The summed E-state index contributed by atoms with van der Waals surface area (Å²) in [4.78, 5) is 21.1. The van der Waals surface area contributed by atoms with Gasteiger partial charge in [-0.05, 0) is 82.1 Å². The molecule has 5 fully saturated rings. The maximum atomic E-state index is 17.2. The normalized spacial score (nSPS) is 24.1. The number of hydrogen-bond acceptors (Lipinski definition) is 6.